The van der Waals surface area contributed by atoms with Crippen LogP contribution in [0.3, 0.4) is 0 Å². The number of nitrogens with two attached hydrogens (primary N) is 1. The maximum absolute atomic E-state index is 6.35. The van der Waals surface area contributed by atoms with Gasteiger partial charge in [0.1, 0.15) is 0 Å². The van der Waals surface area contributed by atoms with Crippen molar-refractivity contribution in [1.82, 2.24) is 0 Å². The Morgan fingerprint density at radius 3 is 2.45 bits per heavy atom. The summed E-state index contributed by atoms with van der Waals surface area (Å²) in [6.07, 6.45) is 0.845. The average Bonchev–Trinajstić information content (AvgIpc) is 2.47. The largest absolute Gasteiger partial charge is 0.324 e. The van der Waals surface area contributed by atoms with Crippen molar-refractivity contribution in [3.05, 3.63) is 82.3 Å². The third kappa shape index (κ3) is 2.92. The number of hydrogen-bond acceptors (Lipinski definition) is 1. The third-order valence-electron chi connectivity index (χ3n) is 3.55. The van der Waals surface area contributed by atoms with Crippen molar-refractivity contribution in [2.75, 3.05) is 0 Å². The van der Waals surface area contributed by atoms with E-state index < -0.39 is 0 Å². The van der Waals surface area contributed by atoms with Gasteiger partial charge in [-0.25, -0.2) is 0 Å². The molecule has 1 atom stereocenters. The Labute approximate surface area is 127 Å². The molecule has 2 heteroatoms. The normalized spacial score (nSPS) is 12.5. The van der Waals surface area contributed by atoms with Gasteiger partial charge in [0.15, 0.2) is 0 Å². The second-order valence-corrected chi connectivity index (χ2v) is 5.96. The fourth-order valence-electron chi connectivity index (χ4n) is 2.47. The topological polar surface area (TPSA) is 26.0 Å². The van der Waals surface area contributed by atoms with Crippen LogP contribution in [0, 0.1) is 0 Å². The highest BCUT2D eigenvalue weighted by Crippen LogP contribution is 2.22. The standard InChI is InChI=1S/C18H16BrN/c19-17-7-3-4-13(10-17)11-18(20)16-9-8-14-5-1-2-6-15(14)12-16/h1-10,12,18H,11,20H2. The van der Waals surface area contributed by atoms with Gasteiger partial charge >= 0.3 is 0 Å². The zero-order valence-electron chi connectivity index (χ0n) is 11.1. The highest BCUT2D eigenvalue weighted by molar-refractivity contribution is 9.10. The van der Waals surface area contributed by atoms with Crippen LogP contribution in [0.4, 0.5) is 0 Å². The first-order valence-corrected chi connectivity index (χ1v) is 7.50. The summed E-state index contributed by atoms with van der Waals surface area (Å²) in [6.45, 7) is 0. The van der Waals surface area contributed by atoms with E-state index in [4.69, 9.17) is 5.73 Å². The van der Waals surface area contributed by atoms with E-state index in [0.29, 0.717) is 0 Å². The fraction of sp³-hybridized carbons (Fsp3) is 0.111. The Bertz CT molecular complexity index is 736. The molecule has 0 spiro atoms. The van der Waals surface area contributed by atoms with Gasteiger partial charge < -0.3 is 5.73 Å². The Morgan fingerprint density at radius 2 is 1.65 bits per heavy atom. The Balaban J connectivity index is 1.86. The van der Waals surface area contributed by atoms with Gasteiger partial charge in [-0.15, -0.1) is 0 Å². The molecule has 0 radical (unpaired) electrons. The van der Waals surface area contributed by atoms with Crippen molar-refractivity contribution in [3.8, 4) is 0 Å². The number of benzene rings is 3. The van der Waals surface area contributed by atoms with Crippen molar-refractivity contribution in [2.24, 2.45) is 5.73 Å². The van der Waals surface area contributed by atoms with Gasteiger partial charge in [-0.3, -0.25) is 0 Å². The van der Waals surface area contributed by atoms with Crippen LogP contribution in [0.1, 0.15) is 17.2 Å². The first-order valence-electron chi connectivity index (χ1n) is 6.71. The molecule has 0 heterocycles. The van der Waals surface area contributed by atoms with Crippen LogP contribution in [0.5, 0.6) is 0 Å². The van der Waals surface area contributed by atoms with Gasteiger partial charge in [0.2, 0.25) is 0 Å². The molecule has 3 rings (SSSR count). The molecule has 0 amide bonds. The second-order valence-electron chi connectivity index (χ2n) is 5.05. The predicted molar refractivity (Wildman–Crippen MR) is 88.7 cm³/mol. The van der Waals surface area contributed by atoms with Gasteiger partial charge in [-0.05, 0) is 46.5 Å². The van der Waals surface area contributed by atoms with Crippen LogP contribution < -0.4 is 5.73 Å². The van der Waals surface area contributed by atoms with Crippen LogP contribution in [0.25, 0.3) is 10.8 Å². The Morgan fingerprint density at radius 1 is 0.850 bits per heavy atom. The zero-order chi connectivity index (χ0) is 13.9. The van der Waals surface area contributed by atoms with Crippen molar-refractivity contribution in [2.45, 2.75) is 12.5 Å². The van der Waals surface area contributed by atoms with Gasteiger partial charge in [0, 0.05) is 10.5 Å². The average molecular weight is 326 g/mol. The molecule has 2 N–H and O–H groups in total. The molecule has 0 saturated heterocycles. The van der Waals surface area contributed by atoms with E-state index >= 15 is 0 Å². The number of hydrogen-bond donors (Lipinski definition) is 1. The molecule has 0 aliphatic rings. The van der Waals surface area contributed by atoms with Crippen LogP contribution in [-0.2, 0) is 6.42 Å². The van der Waals surface area contributed by atoms with E-state index in [1.165, 1.54) is 21.9 Å². The SMILES string of the molecule is NC(Cc1cccc(Br)c1)c1ccc2ccccc2c1. The summed E-state index contributed by atoms with van der Waals surface area (Å²) in [6, 6.07) is 23.2. The second kappa shape index (κ2) is 5.78. The molecule has 1 unspecified atom stereocenters. The molecule has 3 aromatic rings. The Kier molecular flexibility index (Phi) is 3.86. The maximum atomic E-state index is 6.35. The molecular formula is C18H16BrN. The smallest absolute Gasteiger partial charge is 0.0335 e. The lowest BCUT2D eigenvalue weighted by Gasteiger charge is -2.13. The zero-order valence-corrected chi connectivity index (χ0v) is 12.7. The first kappa shape index (κ1) is 13.3. The monoisotopic (exact) mass is 325 g/mol. The summed E-state index contributed by atoms with van der Waals surface area (Å²) >= 11 is 3.50. The molecule has 0 saturated carbocycles. The van der Waals surface area contributed by atoms with Crippen molar-refractivity contribution in [1.29, 1.82) is 0 Å². The molecule has 0 bridgehead atoms. The van der Waals surface area contributed by atoms with E-state index in [9.17, 15) is 0 Å². The lowest BCUT2D eigenvalue weighted by molar-refractivity contribution is 0.723. The number of fused-ring (bicyclic) bond motifs is 1. The van der Waals surface area contributed by atoms with Gasteiger partial charge in [0.05, 0.1) is 0 Å². The summed E-state index contributed by atoms with van der Waals surface area (Å²) in [5.41, 5.74) is 8.79. The molecule has 20 heavy (non-hydrogen) atoms. The molecule has 0 aromatic heterocycles. The quantitative estimate of drug-likeness (QED) is 0.732. The number of halogens is 1. The molecule has 0 aliphatic carbocycles. The molecule has 1 nitrogen and oxygen atoms in total. The summed E-state index contributed by atoms with van der Waals surface area (Å²) in [4.78, 5) is 0. The van der Waals surface area contributed by atoms with Crippen LogP contribution in [0.15, 0.2) is 71.2 Å². The van der Waals surface area contributed by atoms with Gasteiger partial charge in [-0.2, -0.15) is 0 Å². The fourth-order valence-corrected chi connectivity index (χ4v) is 2.92. The number of rotatable bonds is 3. The minimum absolute atomic E-state index is 0.0221. The minimum atomic E-state index is 0.0221. The van der Waals surface area contributed by atoms with Crippen LogP contribution in [0.2, 0.25) is 0 Å². The van der Waals surface area contributed by atoms with E-state index in [0.717, 1.165) is 10.9 Å². The lowest BCUT2D eigenvalue weighted by Crippen LogP contribution is -2.13. The predicted octanol–water partition coefficient (Wildman–Crippen LogP) is 4.84. The molecule has 0 aliphatic heterocycles. The van der Waals surface area contributed by atoms with Crippen molar-refractivity contribution in [3.63, 3.8) is 0 Å². The molecule has 100 valence electrons. The Hall–Kier alpha value is -1.64. The third-order valence-corrected chi connectivity index (χ3v) is 4.04. The molecular weight excluding hydrogens is 310 g/mol. The van der Waals surface area contributed by atoms with Crippen molar-refractivity contribution >= 4 is 26.7 Å². The summed E-state index contributed by atoms with van der Waals surface area (Å²) in [7, 11) is 0. The van der Waals surface area contributed by atoms with Crippen LogP contribution >= 0.6 is 15.9 Å². The van der Waals surface area contributed by atoms with Gasteiger partial charge in [0.25, 0.3) is 0 Å². The highest BCUT2D eigenvalue weighted by atomic mass is 79.9. The summed E-state index contributed by atoms with van der Waals surface area (Å²) < 4.78 is 1.10. The molecule has 3 aromatic carbocycles. The van der Waals surface area contributed by atoms with Gasteiger partial charge in [-0.1, -0.05) is 64.5 Å². The first-order chi connectivity index (χ1) is 9.72. The van der Waals surface area contributed by atoms with E-state index in [1.54, 1.807) is 0 Å². The summed E-state index contributed by atoms with van der Waals surface area (Å²) in [5.74, 6) is 0. The minimum Gasteiger partial charge on any atom is -0.324 e. The highest BCUT2D eigenvalue weighted by Gasteiger charge is 2.08. The lowest BCUT2D eigenvalue weighted by atomic mass is 9.97. The van der Waals surface area contributed by atoms with E-state index in [1.807, 2.05) is 12.1 Å². The van der Waals surface area contributed by atoms with E-state index in [-0.39, 0.29) is 6.04 Å². The maximum Gasteiger partial charge on any atom is 0.0335 e. The van der Waals surface area contributed by atoms with Crippen LogP contribution in [-0.4, -0.2) is 0 Å². The summed E-state index contributed by atoms with van der Waals surface area (Å²) in [5, 5.41) is 2.50. The van der Waals surface area contributed by atoms with E-state index in [2.05, 4.69) is 70.5 Å². The molecule has 0 fully saturated rings. The van der Waals surface area contributed by atoms with Crippen molar-refractivity contribution < 1.29 is 0 Å².